The third-order valence-corrected chi connectivity index (χ3v) is 7.50. The van der Waals surface area contributed by atoms with E-state index in [9.17, 15) is 4.79 Å². The van der Waals surface area contributed by atoms with Gasteiger partial charge in [-0.15, -0.1) is 0 Å². The fourth-order valence-electron chi connectivity index (χ4n) is 4.95. The van der Waals surface area contributed by atoms with Gasteiger partial charge in [-0.05, 0) is 45.0 Å². The highest BCUT2D eigenvalue weighted by Crippen LogP contribution is 2.47. The molecule has 3 aromatic rings. The molecule has 5 rings (SSSR count). The predicted molar refractivity (Wildman–Crippen MR) is 143 cm³/mol. The molecule has 1 aromatic carbocycles. The number of carbonyl (C=O) groups is 1. The molecule has 1 amide bonds. The van der Waals surface area contributed by atoms with Crippen molar-refractivity contribution < 1.29 is 19.0 Å². The molecular formula is C27H32ClN5O4. The molecule has 0 aliphatic carbocycles. The van der Waals surface area contributed by atoms with Crippen LogP contribution in [0.4, 0.5) is 11.4 Å². The highest BCUT2D eigenvalue weighted by Gasteiger charge is 2.45. The number of rotatable bonds is 8. The largest absolute Gasteiger partial charge is 0.493 e. The first-order chi connectivity index (χ1) is 17.8. The summed E-state index contributed by atoms with van der Waals surface area (Å²) < 4.78 is 17.3. The minimum atomic E-state index is -0.489. The van der Waals surface area contributed by atoms with Gasteiger partial charge in [-0.25, -0.2) is 0 Å². The zero-order chi connectivity index (χ0) is 26.2. The van der Waals surface area contributed by atoms with Crippen LogP contribution in [0.25, 0.3) is 11.3 Å². The number of H-pyrrole nitrogens is 1. The van der Waals surface area contributed by atoms with Crippen LogP contribution < -0.4 is 25.4 Å². The maximum absolute atomic E-state index is 13.4. The van der Waals surface area contributed by atoms with E-state index >= 15 is 0 Å². The Labute approximate surface area is 221 Å². The number of nitrogens with zero attached hydrogens (tertiary/aromatic N) is 1. The fraction of sp³-hybridized carbons (Fsp3) is 0.407. The molecule has 0 bridgehead atoms. The lowest BCUT2D eigenvalue weighted by Gasteiger charge is -2.33. The monoisotopic (exact) mass is 525 g/mol. The number of para-hydroxylation sites is 1. The molecule has 1 saturated heterocycles. The molecular weight excluding hydrogens is 494 g/mol. The predicted octanol–water partition coefficient (Wildman–Crippen LogP) is 4.26. The highest BCUT2D eigenvalue weighted by molar-refractivity contribution is 6.32. The number of pyridine rings is 1. The van der Waals surface area contributed by atoms with Crippen molar-refractivity contribution in [1.82, 2.24) is 20.6 Å². The van der Waals surface area contributed by atoms with Crippen molar-refractivity contribution in [3.8, 4) is 22.8 Å². The highest BCUT2D eigenvalue weighted by atomic mass is 35.5. The SMILES string of the molecule is COc1c(Cl)cccc1Nc1c(-c2ccncc2OCC(C)(C)OC)[nH]c2c1C(=O)NCC21CCNC1. The third kappa shape index (κ3) is 4.63. The summed E-state index contributed by atoms with van der Waals surface area (Å²) in [6.45, 7) is 6.44. The van der Waals surface area contributed by atoms with E-state index in [-0.39, 0.29) is 11.3 Å². The topological polar surface area (TPSA) is 110 Å². The van der Waals surface area contributed by atoms with Crippen LogP contribution in [0, 0.1) is 0 Å². The van der Waals surface area contributed by atoms with Crippen molar-refractivity contribution in [2.24, 2.45) is 0 Å². The van der Waals surface area contributed by atoms with E-state index in [4.69, 9.17) is 25.8 Å². The van der Waals surface area contributed by atoms with Crippen LogP contribution in [0.15, 0.2) is 36.7 Å². The van der Waals surface area contributed by atoms with E-state index in [2.05, 4.69) is 25.9 Å². The maximum atomic E-state index is 13.4. The number of aromatic nitrogens is 2. The van der Waals surface area contributed by atoms with Crippen LogP contribution in [0.5, 0.6) is 11.5 Å². The number of fused-ring (bicyclic) bond motifs is 2. The molecule has 4 N–H and O–H groups in total. The molecule has 2 aliphatic rings. The van der Waals surface area contributed by atoms with Crippen LogP contribution in [0.1, 0.15) is 36.3 Å². The van der Waals surface area contributed by atoms with Crippen LogP contribution in [-0.4, -0.2) is 61.9 Å². The number of halogens is 1. The summed E-state index contributed by atoms with van der Waals surface area (Å²) in [5.41, 5.74) is 3.52. The van der Waals surface area contributed by atoms with Crippen molar-refractivity contribution in [2.45, 2.75) is 31.3 Å². The summed E-state index contributed by atoms with van der Waals surface area (Å²) in [5, 5.41) is 10.5. The zero-order valence-corrected chi connectivity index (χ0v) is 22.2. The van der Waals surface area contributed by atoms with Gasteiger partial charge >= 0.3 is 0 Å². The summed E-state index contributed by atoms with van der Waals surface area (Å²) in [7, 11) is 3.22. The van der Waals surface area contributed by atoms with Gasteiger partial charge in [-0.3, -0.25) is 9.78 Å². The van der Waals surface area contributed by atoms with E-state index < -0.39 is 5.60 Å². The number of aromatic amines is 1. The third-order valence-electron chi connectivity index (χ3n) is 7.20. The standard InChI is InChI=1S/C27H32ClN5O4/c1-26(2,36-4)15-37-19-12-29-10-8-16(19)21-22(32-18-7-5-6-17(28)23(18)35-3)20-24(33-21)27(9-11-30-13-27)14-31-25(20)34/h5-8,10,12,30,32-33H,9,11,13-15H2,1-4H3,(H,31,34). The Morgan fingerprint density at radius 1 is 1.22 bits per heavy atom. The van der Waals surface area contributed by atoms with Crippen molar-refractivity contribution in [3.05, 3.63) is 52.9 Å². The maximum Gasteiger partial charge on any atom is 0.255 e. The van der Waals surface area contributed by atoms with Gasteiger partial charge in [0.15, 0.2) is 5.75 Å². The molecule has 0 radical (unpaired) electrons. The number of hydrogen-bond donors (Lipinski definition) is 4. The summed E-state index contributed by atoms with van der Waals surface area (Å²) in [5.74, 6) is 0.925. The number of hydrogen-bond acceptors (Lipinski definition) is 7. The molecule has 10 heteroatoms. The minimum Gasteiger partial charge on any atom is -0.493 e. The summed E-state index contributed by atoms with van der Waals surface area (Å²) in [6.07, 6.45) is 4.29. The second kappa shape index (κ2) is 9.89. The number of nitrogens with one attached hydrogen (secondary N) is 4. The van der Waals surface area contributed by atoms with Gasteiger partial charge < -0.3 is 35.1 Å². The van der Waals surface area contributed by atoms with E-state index in [1.807, 2.05) is 32.0 Å². The first-order valence-electron chi connectivity index (χ1n) is 12.3. The Bertz CT molecular complexity index is 1320. The fourth-order valence-corrected chi connectivity index (χ4v) is 5.20. The first kappa shape index (κ1) is 25.4. The van der Waals surface area contributed by atoms with Gasteiger partial charge in [0.25, 0.3) is 5.91 Å². The zero-order valence-electron chi connectivity index (χ0n) is 21.5. The average Bonchev–Trinajstić information content (AvgIpc) is 3.52. The molecule has 2 aromatic heterocycles. The Balaban J connectivity index is 1.69. The van der Waals surface area contributed by atoms with E-state index in [0.29, 0.717) is 46.6 Å². The normalized spacial score (nSPS) is 19.0. The molecule has 1 unspecified atom stereocenters. The molecule has 37 heavy (non-hydrogen) atoms. The molecule has 1 atom stereocenters. The second-order valence-electron chi connectivity index (χ2n) is 10.1. The lowest BCUT2D eigenvalue weighted by molar-refractivity contribution is -0.0146. The van der Waals surface area contributed by atoms with E-state index in [1.54, 1.807) is 32.7 Å². The van der Waals surface area contributed by atoms with Crippen LogP contribution >= 0.6 is 11.6 Å². The van der Waals surface area contributed by atoms with E-state index in [1.165, 1.54) is 0 Å². The van der Waals surface area contributed by atoms with Gasteiger partial charge in [-0.1, -0.05) is 17.7 Å². The number of methoxy groups -OCH3 is 2. The lowest BCUT2D eigenvalue weighted by Crippen LogP contribution is -2.48. The molecule has 4 heterocycles. The number of anilines is 2. The minimum absolute atomic E-state index is 0.143. The quantitative estimate of drug-likeness (QED) is 0.348. The van der Waals surface area contributed by atoms with E-state index in [0.717, 1.165) is 36.5 Å². The number of benzene rings is 1. The number of ether oxygens (including phenoxy) is 3. The Morgan fingerprint density at radius 2 is 2.05 bits per heavy atom. The summed E-state index contributed by atoms with van der Waals surface area (Å²) >= 11 is 6.42. The second-order valence-corrected chi connectivity index (χ2v) is 10.5. The molecule has 0 saturated carbocycles. The van der Waals surface area contributed by atoms with Crippen molar-refractivity contribution in [2.75, 3.05) is 45.8 Å². The van der Waals surface area contributed by atoms with Crippen molar-refractivity contribution >= 4 is 28.9 Å². The Hall–Kier alpha value is -3.27. The Morgan fingerprint density at radius 3 is 2.78 bits per heavy atom. The van der Waals surface area contributed by atoms with Gasteiger partial charge in [0.05, 0.1) is 46.6 Å². The summed E-state index contributed by atoms with van der Waals surface area (Å²) in [6, 6.07) is 7.34. The van der Waals surface area contributed by atoms with Crippen LogP contribution in [-0.2, 0) is 10.2 Å². The van der Waals surface area contributed by atoms with Gasteiger partial charge in [0.2, 0.25) is 0 Å². The average molecular weight is 526 g/mol. The molecule has 2 aliphatic heterocycles. The van der Waals surface area contributed by atoms with Gasteiger partial charge in [-0.2, -0.15) is 0 Å². The van der Waals surface area contributed by atoms with Crippen LogP contribution in [0.2, 0.25) is 5.02 Å². The first-order valence-corrected chi connectivity index (χ1v) is 12.6. The van der Waals surface area contributed by atoms with Crippen molar-refractivity contribution in [3.63, 3.8) is 0 Å². The molecule has 196 valence electrons. The van der Waals surface area contributed by atoms with Gasteiger partial charge in [0.1, 0.15) is 12.4 Å². The number of amides is 1. The smallest absolute Gasteiger partial charge is 0.255 e. The van der Waals surface area contributed by atoms with Crippen LogP contribution in [0.3, 0.4) is 0 Å². The number of carbonyl (C=O) groups excluding carboxylic acids is 1. The molecule has 9 nitrogen and oxygen atoms in total. The van der Waals surface area contributed by atoms with Crippen molar-refractivity contribution in [1.29, 1.82) is 0 Å². The summed E-state index contributed by atoms with van der Waals surface area (Å²) in [4.78, 5) is 21.3. The molecule has 1 spiro atoms. The lowest BCUT2D eigenvalue weighted by atomic mass is 9.79. The Kier molecular flexibility index (Phi) is 6.78. The molecule has 1 fully saturated rings. The van der Waals surface area contributed by atoms with Gasteiger partial charge in [0, 0.05) is 43.1 Å².